The van der Waals surface area contributed by atoms with E-state index in [4.69, 9.17) is 27.9 Å². The summed E-state index contributed by atoms with van der Waals surface area (Å²) in [5.41, 5.74) is 0.0361. The van der Waals surface area contributed by atoms with E-state index in [1.807, 2.05) is 0 Å². The second-order valence-corrected chi connectivity index (χ2v) is 6.60. The number of carbonyl (C=O) groups is 1. The van der Waals surface area contributed by atoms with Crippen molar-refractivity contribution < 1.29 is 22.5 Å². The molecule has 0 heterocycles. The Balaban J connectivity index is 2.38. The van der Waals surface area contributed by atoms with E-state index in [9.17, 15) is 17.8 Å². The fourth-order valence-electron chi connectivity index (χ4n) is 1.88. The van der Waals surface area contributed by atoms with Crippen LogP contribution in [0.2, 0.25) is 10.0 Å². The monoisotopic (exact) mass is 375 g/mol. The first-order valence-corrected chi connectivity index (χ1v) is 8.34. The minimum absolute atomic E-state index is 0.0666. The lowest BCUT2D eigenvalue weighted by Crippen LogP contribution is -2.14. The Hall–Kier alpha value is -1.80. The van der Waals surface area contributed by atoms with Gasteiger partial charge in [-0.15, -0.1) is 0 Å². The minimum atomic E-state index is -4.48. The van der Waals surface area contributed by atoms with Crippen molar-refractivity contribution in [2.75, 3.05) is 12.4 Å². The molecule has 0 aliphatic carbocycles. The van der Waals surface area contributed by atoms with Crippen molar-refractivity contribution >= 4 is 44.9 Å². The van der Waals surface area contributed by atoms with Crippen molar-refractivity contribution in [1.29, 1.82) is 0 Å². The molecule has 2 aromatic carbocycles. The molecular weight excluding hydrogens is 365 g/mol. The summed E-state index contributed by atoms with van der Waals surface area (Å²) in [5.74, 6) is -0.421. The fourth-order valence-corrected chi connectivity index (χ4v) is 3.16. The number of halogens is 2. The molecule has 0 aromatic heterocycles. The zero-order valence-electron chi connectivity index (χ0n) is 11.7. The van der Waals surface area contributed by atoms with Gasteiger partial charge in [0.2, 0.25) is 0 Å². The highest BCUT2D eigenvalue weighted by Crippen LogP contribution is 2.34. The number of amides is 1. The molecule has 0 saturated carbocycles. The fraction of sp³-hybridized carbons (Fsp3) is 0.0714. The molecule has 6 nitrogen and oxygen atoms in total. The number of hydrogen-bond acceptors (Lipinski definition) is 4. The Bertz CT molecular complexity index is 844. The van der Waals surface area contributed by atoms with E-state index in [2.05, 4.69) is 5.32 Å². The highest BCUT2D eigenvalue weighted by molar-refractivity contribution is 7.86. The van der Waals surface area contributed by atoms with Gasteiger partial charge in [0, 0.05) is 5.56 Å². The molecule has 0 saturated heterocycles. The molecule has 0 bridgehead atoms. The zero-order valence-corrected chi connectivity index (χ0v) is 14.0. The van der Waals surface area contributed by atoms with Gasteiger partial charge in [0.05, 0.1) is 22.8 Å². The Morgan fingerprint density at radius 3 is 2.26 bits per heavy atom. The molecule has 0 radical (unpaired) electrons. The second kappa shape index (κ2) is 6.76. The highest BCUT2D eigenvalue weighted by atomic mass is 35.5. The van der Waals surface area contributed by atoms with E-state index < -0.39 is 20.9 Å². The average molecular weight is 376 g/mol. The molecule has 23 heavy (non-hydrogen) atoms. The number of para-hydroxylation sites is 1. The van der Waals surface area contributed by atoms with E-state index >= 15 is 0 Å². The number of ether oxygens (including phenoxy) is 1. The maximum Gasteiger partial charge on any atom is 0.296 e. The summed E-state index contributed by atoms with van der Waals surface area (Å²) < 4.78 is 36.8. The number of methoxy groups -OCH3 is 1. The van der Waals surface area contributed by atoms with Crippen LogP contribution in [0.3, 0.4) is 0 Å². The molecule has 0 fully saturated rings. The van der Waals surface area contributed by atoms with Gasteiger partial charge in [0.25, 0.3) is 16.0 Å². The maximum atomic E-state index is 12.3. The van der Waals surface area contributed by atoms with Crippen LogP contribution in [-0.4, -0.2) is 26.0 Å². The highest BCUT2D eigenvalue weighted by Gasteiger charge is 2.18. The number of benzene rings is 2. The van der Waals surface area contributed by atoms with Crippen molar-refractivity contribution in [2.24, 2.45) is 0 Å². The Kier molecular flexibility index (Phi) is 5.16. The normalized spacial score (nSPS) is 11.1. The molecule has 9 heteroatoms. The minimum Gasteiger partial charge on any atom is -0.494 e. The summed E-state index contributed by atoms with van der Waals surface area (Å²) in [6.45, 7) is 0. The first-order chi connectivity index (χ1) is 10.7. The van der Waals surface area contributed by atoms with Gasteiger partial charge in [-0.1, -0.05) is 35.3 Å². The van der Waals surface area contributed by atoms with Crippen LogP contribution in [0.15, 0.2) is 41.3 Å². The maximum absolute atomic E-state index is 12.3. The lowest BCUT2D eigenvalue weighted by atomic mass is 10.2. The van der Waals surface area contributed by atoms with Gasteiger partial charge in [-0.05, 0) is 24.3 Å². The standard InChI is InChI=1S/C14H11Cl2NO5S/c1-22-13-9(15)6-8(7-10(13)16)14(18)17-11-4-2-3-5-12(11)23(19,20)21/h2-7H,1H3,(H,17,18)(H,19,20,21). The SMILES string of the molecule is COc1c(Cl)cc(C(=O)Nc2ccccc2S(=O)(=O)O)cc1Cl. The van der Waals surface area contributed by atoms with Crippen LogP contribution in [-0.2, 0) is 10.1 Å². The summed E-state index contributed by atoms with van der Waals surface area (Å²) in [7, 11) is -3.09. The van der Waals surface area contributed by atoms with Crippen molar-refractivity contribution in [2.45, 2.75) is 4.90 Å². The van der Waals surface area contributed by atoms with E-state index in [1.54, 1.807) is 0 Å². The van der Waals surface area contributed by atoms with E-state index in [0.29, 0.717) is 0 Å². The Morgan fingerprint density at radius 1 is 1.17 bits per heavy atom. The molecule has 0 atom stereocenters. The summed E-state index contributed by atoms with van der Waals surface area (Å²) in [6.07, 6.45) is 0. The quantitative estimate of drug-likeness (QED) is 0.797. The number of rotatable bonds is 4. The molecule has 0 aliphatic rings. The van der Waals surface area contributed by atoms with Gasteiger partial charge < -0.3 is 10.1 Å². The third kappa shape index (κ3) is 3.94. The molecular formula is C14H11Cl2NO5S. The Morgan fingerprint density at radius 2 is 1.74 bits per heavy atom. The van der Waals surface area contributed by atoms with Crippen LogP contribution < -0.4 is 10.1 Å². The third-order valence-electron chi connectivity index (χ3n) is 2.88. The largest absolute Gasteiger partial charge is 0.494 e. The number of hydrogen-bond donors (Lipinski definition) is 2. The van der Waals surface area contributed by atoms with Gasteiger partial charge in [0.1, 0.15) is 4.90 Å². The van der Waals surface area contributed by atoms with Crippen LogP contribution >= 0.6 is 23.2 Å². The summed E-state index contributed by atoms with van der Waals surface area (Å²) >= 11 is 11.9. The molecule has 2 N–H and O–H groups in total. The van der Waals surface area contributed by atoms with Gasteiger partial charge >= 0.3 is 0 Å². The van der Waals surface area contributed by atoms with Crippen LogP contribution in [0.1, 0.15) is 10.4 Å². The molecule has 0 aliphatic heterocycles. The number of nitrogens with one attached hydrogen (secondary N) is 1. The molecule has 122 valence electrons. The summed E-state index contributed by atoms with van der Waals surface area (Å²) in [4.78, 5) is 11.8. The van der Waals surface area contributed by atoms with Crippen molar-refractivity contribution in [3.63, 3.8) is 0 Å². The van der Waals surface area contributed by atoms with Crippen LogP contribution in [0.25, 0.3) is 0 Å². The van der Waals surface area contributed by atoms with Gasteiger partial charge in [0.15, 0.2) is 5.75 Å². The molecule has 2 aromatic rings. The Labute approximate surface area is 142 Å². The predicted octanol–water partition coefficient (Wildman–Crippen LogP) is 3.50. The lowest BCUT2D eigenvalue weighted by molar-refractivity contribution is 0.102. The lowest BCUT2D eigenvalue weighted by Gasteiger charge is -2.11. The van der Waals surface area contributed by atoms with Crippen molar-refractivity contribution in [1.82, 2.24) is 0 Å². The van der Waals surface area contributed by atoms with Gasteiger partial charge in [-0.25, -0.2) is 0 Å². The molecule has 1 amide bonds. The summed E-state index contributed by atoms with van der Waals surface area (Å²) in [5, 5.41) is 2.65. The van der Waals surface area contributed by atoms with E-state index in [-0.39, 0.29) is 27.0 Å². The molecule has 0 unspecified atom stereocenters. The van der Waals surface area contributed by atoms with Gasteiger partial charge in [-0.3, -0.25) is 9.35 Å². The molecule has 2 rings (SSSR count). The first-order valence-electron chi connectivity index (χ1n) is 6.15. The number of anilines is 1. The third-order valence-corrected chi connectivity index (χ3v) is 4.35. The molecule has 0 spiro atoms. The topological polar surface area (TPSA) is 92.7 Å². The van der Waals surface area contributed by atoms with E-state index in [0.717, 1.165) is 0 Å². The van der Waals surface area contributed by atoms with Crippen LogP contribution in [0.4, 0.5) is 5.69 Å². The van der Waals surface area contributed by atoms with E-state index in [1.165, 1.54) is 43.5 Å². The van der Waals surface area contributed by atoms with Crippen LogP contribution in [0, 0.1) is 0 Å². The van der Waals surface area contributed by atoms with Crippen LogP contribution in [0.5, 0.6) is 5.75 Å². The van der Waals surface area contributed by atoms with Gasteiger partial charge in [-0.2, -0.15) is 8.42 Å². The smallest absolute Gasteiger partial charge is 0.296 e. The predicted molar refractivity (Wildman–Crippen MR) is 87.2 cm³/mol. The summed E-state index contributed by atoms with van der Waals surface area (Å²) in [6, 6.07) is 8.10. The average Bonchev–Trinajstić information content (AvgIpc) is 2.46. The first kappa shape index (κ1) is 17.6. The van der Waals surface area contributed by atoms with Crippen molar-refractivity contribution in [3.8, 4) is 5.75 Å². The number of carbonyl (C=O) groups excluding carboxylic acids is 1. The second-order valence-electron chi connectivity index (χ2n) is 4.40. The zero-order chi connectivity index (χ0) is 17.2. The van der Waals surface area contributed by atoms with Crippen molar-refractivity contribution in [3.05, 3.63) is 52.0 Å².